The summed E-state index contributed by atoms with van der Waals surface area (Å²) in [6.45, 7) is 4.58. The molecule has 42 heavy (non-hydrogen) atoms. The SMILES string of the molecule is CCOC(=O)C(C)NP(CCNC(=O)c1ccc(N(C)Cc2cnc3nc(N)nc(N)c3n2)cc1)Oc1ccccc1. The molecule has 0 spiro atoms. The van der Waals surface area contributed by atoms with E-state index in [0.29, 0.717) is 54.0 Å². The molecule has 0 aliphatic carbocycles. The lowest BCUT2D eigenvalue weighted by atomic mass is 10.2. The van der Waals surface area contributed by atoms with Crippen LogP contribution in [0.5, 0.6) is 5.75 Å². The number of nitrogen functional groups attached to an aromatic ring is 2. The van der Waals surface area contributed by atoms with Gasteiger partial charge in [0.15, 0.2) is 25.3 Å². The fourth-order valence-corrected chi connectivity index (χ4v) is 5.42. The van der Waals surface area contributed by atoms with Crippen LogP contribution < -0.4 is 31.3 Å². The average molecular weight is 592 g/mol. The summed E-state index contributed by atoms with van der Waals surface area (Å²) in [4.78, 5) is 43.8. The highest BCUT2D eigenvalue weighted by atomic mass is 31.2. The van der Waals surface area contributed by atoms with Crippen LogP contribution in [-0.4, -0.2) is 64.2 Å². The summed E-state index contributed by atoms with van der Waals surface area (Å²) >= 11 is 0. The fourth-order valence-electron chi connectivity index (χ4n) is 3.91. The van der Waals surface area contributed by atoms with Gasteiger partial charge in [-0.3, -0.25) is 14.7 Å². The van der Waals surface area contributed by atoms with Crippen LogP contribution in [-0.2, 0) is 16.1 Å². The van der Waals surface area contributed by atoms with E-state index in [2.05, 4.69) is 30.3 Å². The third kappa shape index (κ3) is 8.21. The number of anilines is 3. The molecule has 14 heteroatoms. The van der Waals surface area contributed by atoms with Crippen molar-refractivity contribution in [3.63, 3.8) is 0 Å². The molecule has 2 aromatic carbocycles. The molecule has 220 valence electrons. The molecule has 0 saturated carbocycles. The molecule has 0 aliphatic rings. The number of amides is 1. The first-order valence-electron chi connectivity index (χ1n) is 13.3. The van der Waals surface area contributed by atoms with E-state index in [-0.39, 0.29) is 23.6 Å². The van der Waals surface area contributed by atoms with E-state index < -0.39 is 14.3 Å². The van der Waals surface area contributed by atoms with Crippen LogP contribution in [0.2, 0.25) is 0 Å². The first-order valence-corrected chi connectivity index (χ1v) is 14.7. The molecule has 0 saturated heterocycles. The Morgan fingerprint density at radius 1 is 1.05 bits per heavy atom. The Labute approximate surface area is 244 Å². The summed E-state index contributed by atoms with van der Waals surface area (Å²) in [6.07, 6.45) is 2.10. The predicted octanol–water partition coefficient (Wildman–Crippen LogP) is 2.88. The number of rotatable bonds is 13. The van der Waals surface area contributed by atoms with Crippen molar-refractivity contribution < 1.29 is 18.8 Å². The van der Waals surface area contributed by atoms with Crippen molar-refractivity contribution >= 4 is 48.8 Å². The Kier molecular flexibility index (Phi) is 10.4. The van der Waals surface area contributed by atoms with E-state index in [1.807, 2.05) is 54.4 Å². The molecule has 0 radical (unpaired) electrons. The maximum absolute atomic E-state index is 12.8. The molecule has 4 rings (SSSR count). The van der Waals surface area contributed by atoms with Gasteiger partial charge in [-0.1, -0.05) is 18.2 Å². The summed E-state index contributed by atoms with van der Waals surface area (Å²) in [5.41, 5.74) is 14.4. The second-order valence-corrected chi connectivity index (χ2v) is 10.9. The maximum atomic E-state index is 12.8. The van der Waals surface area contributed by atoms with Gasteiger partial charge in [-0.25, -0.2) is 9.97 Å². The largest absolute Gasteiger partial charge is 0.465 e. The third-order valence-corrected chi connectivity index (χ3v) is 7.74. The second-order valence-electron chi connectivity index (χ2n) is 9.27. The number of carbonyl (C=O) groups excluding carboxylic acids is 2. The van der Waals surface area contributed by atoms with E-state index in [1.165, 1.54) is 0 Å². The van der Waals surface area contributed by atoms with Gasteiger partial charge in [-0.2, -0.15) is 9.97 Å². The van der Waals surface area contributed by atoms with E-state index in [1.54, 1.807) is 32.2 Å². The maximum Gasteiger partial charge on any atom is 0.323 e. The van der Waals surface area contributed by atoms with E-state index >= 15 is 0 Å². The highest BCUT2D eigenvalue weighted by Crippen LogP contribution is 2.34. The molecule has 2 atom stereocenters. The van der Waals surface area contributed by atoms with Gasteiger partial charge in [-0.15, -0.1) is 0 Å². The number of benzene rings is 2. The Morgan fingerprint density at radius 2 is 1.79 bits per heavy atom. The number of esters is 1. The van der Waals surface area contributed by atoms with Gasteiger partial charge >= 0.3 is 5.97 Å². The van der Waals surface area contributed by atoms with Crippen LogP contribution in [0.4, 0.5) is 17.5 Å². The molecular formula is C28H34N9O4P. The Morgan fingerprint density at radius 3 is 2.50 bits per heavy atom. The van der Waals surface area contributed by atoms with Crippen molar-refractivity contribution in [2.24, 2.45) is 0 Å². The molecule has 2 unspecified atom stereocenters. The molecule has 1 amide bonds. The van der Waals surface area contributed by atoms with Crippen LogP contribution in [0.1, 0.15) is 29.9 Å². The van der Waals surface area contributed by atoms with Gasteiger partial charge in [0.25, 0.3) is 5.91 Å². The van der Waals surface area contributed by atoms with Crippen LogP contribution in [0.15, 0.2) is 60.8 Å². The summed E-state index contributed by atoms with van der Waals surface area (Å²) < 4.78 is 11.2. The summed E-state index contributed by atoms with van der Waals surface area (Å²) in [5.74, 6) is 0.326. The molecular weight excluding hydrogens is 557 g/mol. The summed E-state index contributed by atoms with van der Waals surface area (Å²) in [5, 5.41) is 6.14. The molecule has 2 heterocycles. The van der Waals surface area contributed by atoms with Crippen LogP contribution in [0.3, 0.4) is 0 Å². The lowest BCUT2D eigenvalue weighted by Gasteiger charge is -2.23. The van der Waals surface area contributed by atoms with Crippen molar-refractivity contribution in [3.05, 3.63) is 72.1 Å². The smallest absolute Gasteiger partial charge is 0.323 e. The summed E-state index contributed by atoms with van der Waals surface area (Å²) in [7, 11) is 0.628. The van der Waals surface area contributed by atoms with E-state index in [4.69, 9.17) is 20.7 Å². The highest BCUT2D eigenvalue weighted by molar-refractivity contribution is 7.50. The molecule has 0 bridgehead atoms. The highest BCUT2D eigenvalue weighted by Gasteiger charge is 2.21. The minimum Gasteiger partial charge on any atom is -0.465 e. The summed E-state index contributed by atoms with van der Waals surface area (Å²) in [6, 6.07) is 16.0. The fraction of sp³-hybridized carbons (Fsp3) is 0.286. The standard InChI is InChI=1S/C28H34N9O4P/c1-4-40-27(39)18(2)36-42(41-22-8-6-5-7-9-22)15-14-31-26(38)19-10-12-21(13-11-19)37(3)17-20-16-32-25-23(33-20)24(29)34-28(30)35-25/h5-13,16,18,36H,4,14-15,17H2,1-3H3,(H,31,38)(H4,29,30,32,34,35). The van der Waals surface area contributed by atoms with Gasteiger partial charge in [0.2, 0.25) is 5.95 Å². The number of hydrogen-bond donors (Lipinski definition) is 4. The van der Waals surface area contributed by atoms with Gasteiger partial charge in [0.1, 0.15) is 11.8 Å². The van der Waals surface area contributed by atoms with E-state index in [9.17, 15) is 9.59 Å². The second kappa shape index (κ2) is 14.3. The first kappa shape index (κ1) is 30.4. The zero-order valence-corrected chi connectivity index (χ0v) is 24.5. The normalized spacial score (nSPS) is 12.4. The lowest BCUT2D eigenvalue weighted by Crippen LogP contribution is -2.35. The minimum absolute atomic E-state index is 0.0462. The quantitative estimate of drug-likeness (QED) is 0.132. The topological polar surface area (TPSA) is 184 Å². The lowest BCUT2D eigenvalue weighted by molar-refractivity contribution is -0.144. The van der Waals surface area contributed by atoms with E-state index in [0.717, 1.165) is 5.69 Å². The zero-order valence-electron chi connectivity index (χ0n) is 23.7. The molecule has 6 N–H and O–H groups in total. The Balaban J connectivity index is 1.32. The molecule has 2 aromatic heterocycles. The minimum atomic E-state index is -1.28. The number of carbonyl (C=O) groups is 2. The van der Waals surface area contributed by atoms with Crippen molar-refractivity contribution in [1.82, 2.24) is 30.3 Å². The Hall–Kier alpha value is -4.61. The Bertz CT molecular complexity index is 1510. The number of aromatic nitrogens is 4. The zero-order chi connectivity index (χ0) is 30.1. The molecule has 0 fully saturated rings. The number of fused-ring (bicyclic) bond motifs is 1. The number of para-hydroxylation sites is 1. The third-order valence-electron chi connectivity index (χ3n) is 6.01. The van der Waals surface area contributed by atoms with Crippen molar-refractivity contribution in [2.75, 3.05) is 42.7 Å². The number of nitrogens with two attached hydrogens (primary N) is 2. The number of nitrogens with zero attached hydrogens (tertiary/aromatic N) is 5. The van der Waals surface area contributed by atoms with Crippen LogP contribution >= 0.6 is 8.30 Å². The van der Waals surface area contributed by atoms with Gasteiger partial charge in [0, 0.05) is 31.0 Å². The number of nitrogens with one attached hydrogen (secondary N) is 2. The van der Waals surface area contributed by atoms with Crippen LogP contribution in [0, 0.1) is 0 Å². The van der Waals surface area contributed by atoms with Crippen molar-refractivity contribution in [1.29, 1.82) is 0 Å². The number of hydrogen-bond acceptors (Lipinski definition) is 12. The number of ether oxygens (including phenoxy) is 1. The van der Waals surface area contributed by atoms with Gasteiger partial charge in [-0.05, 0) is 50.2 Å². The molecule has 4 aromatic rings. The molecule has 0 aliphatic heterocycles. The molecule has 13 nitrogen and oxygen atoms in total. The first-order chi connectivity index (χ1) is 20.2. The monoisotopic (exact) mass is 591 g/mol. The van der Waals surface area contributed by atoms with Crippen molar-refractivity contribution in [2.45, 2.75) is 26.4 Å². The van der Waals surface area contributed by atoms with Crippen molar-refractivity contribution in [3.8, 4) is 5.75 Å². The van der Waals surface area contributed by atoms with Gasteiger partial charge < -0.3 is 30.9 Å². The average Bonchev–Trinajstić information content (AvgIpc) is 2.98. The predicted molar refractivity (Wildman–Crippen MR) is 163 cm³/mol. The van der Waals surface area contributed by atoms with Crippen LogP contribution in [0.25, 0.3) is 11.2 Å². The van der Waals surface area contributed by atoms with Gasteiger partial charge in [0.05, 0.1) is 25.0 Å².